The van der Waals surface area contributed by atoms with Crippen molar-refractivity contribution in [3.63, 3.8) is 0 Å². The lowest BCUT2D eigenvalue weighted by Crippen LogP contribution is -2.09. The van der Waals surface area contributed by atoms with Crippen LogP contribution in [0.2, 0.25) is 5.02 Å². The SMILES string of the molecule is Cc1cccc(OCC(O)c2cccc(Cl)c2)c1. The third-order valence-electron chi connectivity index (χ3n) is 2.63. The van der Waals surface area contributed by atoms with Crippen molar-refractivity contribution in [2.24, 2.45) is 0 Å². The third kappa shape index (κ3) is 3.49. The van der Waals surface area contributed by atoms with E-state index >= 15 is 0 Å². The topological polar surface area (TPSA) is 29.5 Å². The summed E-state index contributed by atoms with van der Waals surface area (Å²) in [4.78, 5) is 0. The number of ether oxygens (including phenoxy) is 1. The van der Waals surface area contributed by atoms with Crippen molar-refractivity contribution in [1.29, 1.82) is 0 Å². The number of aryl methyl sites for hydroxylation is 1. The molecular formula is C15H15ClO2. The second kappa shape index (κ2) is 5.89. The number of hydrogen-bond donors (Lipinski definition) is 1. The van der Waals surface area contributed by atoms with E-state index in [0.29, 0.717) is 5.02 Å². The van der Waals surface area contributed by atoms with Gasteiger partial charge in [0.25, 0.3) is 0 Å². The number of aliphatic hydroxyl groups is 1. The fourth-order valence-corrected chi connectivity index (χ4v) is 1.89. The second-order valence-corrected chi connectivity index (χ2v) is 4.63. The van der Waals surface area contributed by atoms with E-state index in [1.54, 1.807) is 12.1 Å². The van der Waals surface area contributed by atoms with Gasteiger partial charge in [-0.1, -0.05) is 35.9 Å². The van der Waals surface area contributed by atoms with Crippen LogP contribution in [0.15, 0.2) is 48.5 Å². The summed E-state index contributed by atoms with van der Waals surface area (Å²) in [5.41, 5.74) is 1.89. The third-order valence-corrected chi connectivity index (χ3v) is 2.87. The van der Waals surface area contributed by atoms with Gasteiger partial charge in [0.1, 0.15) is 18.5 Å². The molecule has 94 valence electrons. The molecule has 0 aromatic heterocycles. The van der Waals surface area contributed by atoms with E-state index in [1.807, 2.05) is 43.3 Å². The van der Waals surface area contributed by atoms with Crippen LogP contribution in [0.25, 0.3) is 0 Å². The fraction of sp³-hybridized carbons (Fsp3) is 0.200. The Hall–Kier alpha value is -1.51. The molecule has 3 heteroatoms. The van der Waals surface area contributed by atoms with Crippen LogP contribution < -0.4 is 4.74 Å². The Bertz CT molecular complexity index is 525. The van der Waals surface area contributed by atoms with Crippen LogP contribution >= 0.6 is 11.6 Å². The molecule has 0 spiro atoms. The van der Waals surface area contributed by atoms with Crippen molar-refractivity contribution < 1.29 is 9.84 Å². The highest BCUT2D eigenvalue weighted by molar-refractivity contribution is 6.30. The quantitative estimate of drug-likeness (QED) is 0.909. The van der Waals surface area contributed by atoms with Gasteiger partial charge < -0.3 is 9.84 Å². The van der Waals surface area contributed by atoms with Crippen molar-refractivity contribution in [1.82, 2.24) is 0 Å². The van der Waals surface area contributed by atoms with E-state index in [2.05, 4.69) is 0 Å². The molecule has 2 rings (SSSR count). The minimum absolute atomic E-state index is 0.212. The monoisotopic (exact) mass is 262 g/mol. The molecule has 0 saturated heterocycles. The number of rotatable bonds is 4. The number of aliphatic hydroxyl groups excluding tert-OH is 1. The highest BCUT2D eigenvalue weighted by Crippen LogP contribution is 2.19. The van der Waals surface area contributed by atoms with E-state index < -0.39 is 6.10 Å². The summed E-state index contributed by atoms with van der Waals surface area (Å²) in [5, 5.41) is 10.6. The molecule has 0 aliphatic carbocycles. The first-order valence-corrected chi connectivity index (χ1v) is 6.16. The molecule has 1 N–H and O–H groups in total. The van der Waals surface area contributed by atoms with Crippen LogP contribution in [0.5, 0.6) is 5.75 Å². The van der Waals surface area contributed by atoms with Gasteiger partial charge in [-0.25, -0.2) is 0 Å². The van der Waals surface area contributed by atoms with Crippen molar-refractivity contribution >= 4 is 11.6 Å². The van der Waals surface area contributed by atoms with Crippen molar-refractivity contribution in [3.8, 4) is 5.75 Å². The largest absolute Gasteiger partial charge is 0.491 e. The molecule has 18 heavy (non-hydrogen) atoms. The zero-order valence-corrected chi connectivity index (χ0v) is 10.9. The first-order chi connectivity index (χ1) is 8.65. The number of halogens is 1. The molecule has 1 unspecified atom stereocenters. The average Bonchev–Trinajstić information content (AvgIpc) is 2.36. The molecule has 2 aromatic rings. The van der Waals surface area contributed by atoms with Crippen LogP contribution in [0.1, 0.15) is 17.2 Å². The van der Waals surface area contributed by atoms with Crippen molar-refractivity contribution in [2.75, 3.05) is 6.61 Å². The second-order valence-electron chi connectivity index (χ2n) is 4.20. The lowest BCUT2D eigenvalue weighted by atomic mass is 10.1. The summed E-state index contributed by atoms with van der Waals surface area (Å²) >= 11 is 5.87. The zero-order valence-electron chi connectivity index (χ0n) is 10.1. The Kier molecular flexibility index (Phi) is 4.24. The van der Waals surface area contributed by atoms with Crippen LogP contribution in [0, 0.1) is 6.92 Å². The Morgan fingerprint density at radius 1 is 1.17 bits per heavy atom. The Labute approximate surface area is 112 Å². The molecule has 0 aliphatic heterocycles. The zero-order chi connectivity index (χ0) is 13.0. The van der Waals surface area contributed by atoms with Gasteiger partial charge in [-0.05, 0) is 42.3 Å². The highest BCUT2D eigenvalue weighted by Gasteiger charge is 2.08. The van der Waals surface area contributed by atoms with E-state index in [0.717, 1.165) is 16.9 Å². The van der Waals surface area contributed by atoms with Gasteiger partial charge in [-0.3, -0.25) is 0 Å². The number of hydrogen-bond acceptors (Lipinski definition) is 2. The summed E-state index contributed by atoms with van der Waals surface area (Å²) in [5.74, 6) is 0.760. The van der Waals surface area contributed by atoms with Gasteiger partial charge in [-0.15, -0.1) is 0 Å². The molecule has 1 atom stereocenters. The molecular weight excluding hydrogens is 248 g/mol. The van der Waals surface area contributed by atoms with Gasteiger partial charge in [-0.2, -0.15) is 0 Å². The van der Waals surface area contributed by atoms with Gasteiger partial charge in [0.15, 0.2) is 0 Å². The lowest BCUT2D eigenvalue weighted by Gasteiger charge is -2.13. The summed E-state index contributed by atoms with van der Waals surface area (Å²) in [7, 11) is 0. The summed E-state index contributed by atoms with van der Waals surface area (Å²) in [6.45, 7) is 2.21. The van der Waals surface area contributed by atoms with Gasteiger partial charge in [0.2, 0.25) is 0 Å². The van der Waals surface area contributed by atoms with Crippen molar-refractivity contribution in [3.05, 3.63) is 64.7 Å². The Morgan fingerprint density at radius 2 is 1.94 bits per heavy atom. The van der Waals surface area contributed by atoms with E-state index in [1.165, 1.54) is 0 Å². The highest BCUT2D eigenvalue weighted by atomic mass is 35.5. The minimum atomic E-state index is -0.677. The first-order valence-electron chi connectivity index (χ1n) is 5.78. The smallest absolute Gasteiger partial charge is 0.119 e. The molecule has 0 fully saturated rings. The van der Waals surface area contributed by atoms with Gasteiger partial charge in [0.05, 0.1) is 0 Å². The van der Waals surface area contributed by atoms with Crippen LogP contribution in [-0.2, 0) is 0 Å². The minimum Gasteiger partial charge on any atom is -0.491 e. The molecule has 0 aliphatic rings. The molecule has 0 bridgehead atoms. The van der Waals surface area contributed by atoms with E-state index in [4.69, 9.17) is 16.3 Å². The first kappa shape index (κ1) is 12.9. The Balaban J connectivity index is 1.98. The van der Waals surface area contributed by atoms with Crippen LogP contribution in [0.4, 0.5) is 0 Å². The molecule has 0 saturated carbocycles. The van der Waals surface area contributed by atoms with Gasteiger partial charge >= 0.3 is 0 Å². The maximum Gasteiger partial charge on any atom is 0.119 e. The summed E-state index contributed by atoms with van der Waals surface area (Å²) in [6.07, 6.45) is -0.677. The van der Waals surface area contributed by atoms with E-state index in [9.17, 15) is 5.11 Å². The van der Waals surface area contributed by atoms with Gasteiger partial charge in [0, 0.05) is 5.02 Å². The maximum absolute atomic E-state index is 9.99. The van der Waals surface area contributed by atoms with E-state index in [-0.39, 0.29) is 6.61 Å². The summed E-state index contributed by atoms with van der Waals surface area (Å²) in [6, 6.07) is 14.9. The molecule has 0 radical (unpaired) electrons. The molecule has 0 amide bonds. The summed E-state index contributed by atoms with van der Waals surface area (Å²) < 4.78 is 5.55. The fourth-order valence-electron chi connectivity index (χ4n) is 1.69. The van der Waals surface area contributed by atoms with Crippen molar-refractivity contribution in [2.45, 2.75) is 13.0 Å². The Morgan fingerprint density at radius 3 is 2.67 bits per heavy atom. The predicted molar refractivity (Wildman–Crippen MR) is 73.1 cm³/mol. The maximum atomic E-state index is 9.99. The lowest BCUT2D eigenvalue weighted by molar-refractivity contribution is 0.108. The standard InChI is InChI=1S/C15H15ClO2/c1-11-4-2-7-14(8-11)18-10-15(17)12-5-3-6-13(16)9-12/h2-9,15,17H,10H2,1H3. The number of benzene rings is 2. The van der Waals surface area contributed by atoms with Crippen LogP contribution in [0.3, 0.4) is 0 Å². The average molecular weight is 263 g/mol. The molecule has 2 nitrogen and oxygen atoms in total. The molecule has 2 aromatic carbocycles. The predicted octanol–water partition coefficient (Wildman–Crippen LogP) is 3.76. The molecule has 0 heterocycles. The normalized spacial score (nSPS) is 12.2. The van der Waals surface area contributed by atoms with Crippen LogP contribution in [-0.4, -0.2) is 11.7 Å².